The first-order valence-electron chi connectivity index (χ1n) is 8.95. The Labute approximate surface area is 168 Å². The molecule has 0 fully saturated rings. The number of pyridine rings is 1. The molecule has 29 heavy (non-hydrogen) atoms. The van der Waals surface area contributed by atoms with Crippen LogP contribution in [0, 0.1) is 6.92 Å². The summed E-state index contributed by atoms with van der Waals surface area (Å²) in [5.41, 5.74) is 1.81. The average Bonchev–Trinajstić information content (AvgIpc) is 3.21. The number of aryl methyl sites for hydroxylation is 1. The molecular formula is C20H19N5O3S. The zero-order chi connectivity index (χ0) is 20.3. The van der Waals surface area contributed by atoms with Gasteiger partial charge >= 0.3 is 0 Å². The number of nitrogens with zero attached hydrogens (tertiary/aromatic N) is 4. The van der Waals surface area contributed by atoms with Crippen molar-refractivity contribution in [2.45, 2.75) is 18.4 Å². The van der Waals surface area contributed by atoms with Crippen molar-refractivity contribution in [1.82, 2.24) is 19.7 Å². The summed E-state index contributed by atoms with van der Waals surface area (Å²) >= 11 is 0. The summed E-state index contributed by atoms with van der Waals surface area (Å²) in [7, 11) is -3.82. The zero-order valence-corrected chi connectivity index (χ0v) is 16.5. The van der Waals surface area contributed by atoms with Gasteiger partial charge in [-0.05, 0) is 36.8 Å². The fourth-order valence-corrected chi connectivity index (χ4v) is 4.15. The molecule has 0 amide bonds. The Kier molecular flexibility index (Phi) is 5.13. The van der Waals surface area contributed by atoms with Gasteiger partial charge in [-0.15, -0.1) is 0 Å². The van der Waals surface area contributed by atoms with E-state index in [9.17, 15) is 8.42 Å². The molecule has 0 aliphatic rings. The van der Waals surface area contributed by atoms with Gasteiger partial charge in [-0.1, -0.05) is 18.2 Å². The Hall–Kier alpha value is -3.46. The smallest absolute Gasteiger partial charge is 0.264 e. The number of para-hydroxylation sites is 1. The molecule has 0 bridgehead atoms. The van der Waals surface area contributed by atoms with E-state index in [1.165, 1.54) is 6.33 Å². The van der Waals surface area contributed by atoms with E-state index in [0.29, 0.717) is 30.1 Å². The first-order chi connectivity index (χ1) is 14.0. The van der Waals surface area contributed by atoms with Crippen molar-refractivity contribution in [3.63, 3.8) is 0 Å². The Morgan fingerprint density at radius 2 is 2.00 bits per heavy atom. The van der Waals surface area contributed by atoms with Crippen LogP contribution in [0.25, 0.3) is 10.9 Å². The number of ether oxygens (including phenoxy) is 1. The SMILES string of the molecule is Cc1cnc2c(S(=O)(=O)Nc3cccc(OCCn4cncn4)c3)cccc2c1. The third kappa shape index (κ3) is 4.35. The maximum Gasteiger partial charge on any atom is 0.264 e. The van der Waals surface area contributed by atoms with Crippen molar-refractivity contribution in [3.05, 3.63) is 72.9 Å². The predicted octanol–water partition coefficient (Wildman–Crippen LogP) is 3.01. The molecule has 2 aromatic carbocycles. The highest BCUT2D eigenvalue weighted by molar-refractivity contribution is 7.93. The fourth-order valence-electron chi connectivity index (χ4n) is 2.92. The minimum Gasteiger partial charge on any atom is -0.492 e. The quantitative estimate of drug-likeness (QED) is 0.504. The largest absolute Gasteiger partial charge is 0.492 e. The molecular weight excluding hydrogens is 390 g/mol. The normalized spacial score (nSPS) is 11.5. The van der Waals surface area contributed by atoms with Crippen molar-refractivity contribution in [2.24, 2.45) is 0 Å². The lowest BCUT2D eigenvalue weighted by molar-refractivity contribution is 0.291. The highest BCUT2D eigenvalue weighted by Gasteiger charge is 2.18. The molecule has 0 unspecified atom stereocenters. The summed E-state index contributed by atoms with van der Waals surface area (Å²) < 4.78 is 35.9. The molecule has 9 heteroatoms. The number of hydrogen-bond acceptors (Lipinski definition) is 6. The molecule has 0 spiro atoms. The molecule has 1 N–H and O–H groups in total. The third-order valence-electron chi connectivity index (χ3n) is 4.24. The summed E-state index contributed by atoms with van der Waals surface area (Å²) in [5, 5.41) is 4.78. The number of rotatable bonds is 7. The molecule has 0 radical (unpaired) electrons. The highest BCUT2D eigenvalue weighted by atomic mass is 32.2. The monoisotopic (exact) mass is 409 g/mol. The number of anilines is 1. The minimum atomic E-state index is -3.82. The van der Waals surface area contributed by atoms with Crippen molar-refractivity contribution in [2.75, 3.05) is 11.3 Å². The molecule has 148 valence electrons. The van der Waals surface area contributed by atoms with E-state index in [1.54, 1.807) is 53.6 Å². The molecule has 0 saturated heterocycles. The van der Waals surface area contributed by atoms with Gasteiger partial charge in [-0.25, -0.2) is 18.1 Å². The Balaban J connectivity index is 1.52. The average molecular weight is 409 g/mol. The number of nitrogens with one attached hydrogen (secondary N) is 1. The number of benzene rings is 2. The molecule has 0 aliphatic carbocycles. The topological polar surface area (TPSA) is 99.0 Å². The van der Waals surface area contributed by atoms with Crippen LogP contribution >= 0.6 is 0 Å². The van der Waals surface area contributed by atoms with E-state index < -0.39 is 10.0 Å². The molecule has 2 heterocycles. The lowest BCUT2D eigenvalue weighted by atomic mass is 10.2. The van der Waals surface area contributed by atoms with E-state index in [-0.39, 0.29) is 4.90 Å². The number of aromatic nitrogens is 4. The Morgan fingerprint density at radius 1 is 1.14 bits per heavy atom. The van der Waals surface area contributed by atoms with Crippen LogP contribution in [0.1, 0.15) is 5.56 Å². The first-order valence-corrected chi connectivity index (χ1v) is 10.4. The Bertz CT molecular complexity index is 1240. The van der Waals surface area contributed by atoms with Crippen LogP contribution in [-0.4, -0.2) is 34.8 Å². The molecule has 4 aromatic rings. The minimum absolute atomic E-state index is 0.132. The van der Waals surface area contributed by atoms with Crippen LogP contribution < -0.4 is 9.46 Å². The van der Waals surface area contributed by atoms with Crippen LogP contribution in [0.15, 0.2) is 72.3 Å². The second-order valence-electron chi connectivity index (χ2n) is 6.48. The summed E-state index contributed by atoms with van der Waals surface area (Å²) in [6.45, 7) is 2.84. The summed E-state index contributed by atoms with van der Waals surface area (Å²) in [5.74, 6) is 0.553. The second kappa shape index (κ2) is 7.88. The van der Waals surface area contributed by atoms with E-state index in [0.717, 1.165) is 10.9 Å². The van der Waals surface area contributed by atoms with Crippen LogP contribution in [0.5, 0.6) is 5.75 Å². The van der Waals surface area contributed by atoms with E-state index in [2.05, 4.69) is 19.8 Å². The van der Waals surface area contributed by atoms with Gasteiger partial charge < -0.3 is 4.74 Å². The van der Waals surface area contributed by atoms with E-state index >= 15 is 0 Å². The summed E-state index contributed by atoms with van der Waals surface area (Å²) in [6, 6.07) is 13.8. The van der Waals surface area contributed by atoms with Gasteiger partial charge in [0.1, 0.15) is 29.9 Å². The molecule has 8 nitrogen and oxygen atoms in total. The van der Waals surface area contributed by atoms with Gasteiger partial charge in [0.25, 0.3) is 10.0 Å². The van der Waals surface area contributed by atoms with Crippen molar-refractivity contribution < 1.29 is 13.2 Å². The molecule has 0 saturated carbocycles. The summed E-state index contributed by atoms with van der Waals surface area (Å²) in [6.07, 6.45) is 4.72. The van der Waals surface area contributed by atoms with Gasteiger partial charge in [0, 0.05) is 17.6 Å². The van der Waals surface area contributed by atoms with Crippen molar-refractivity contribution in [1.29, 1.82) is 0 Å². The highest BCUT2D eigenvalue weighted by Crippen LogP contribution is 2.25. The maximum atomic E-state index is 13.0. The van der Waals surface area contributed by atoms with E-state index in [4.69, 9.17) is 4.74 Å². The summed E-state index contributed by atoms with van der Waals surface area (Å²) in [4.78, 5) is 8.32. The number of sulfonamides is 1. The second-order valence-corrected chi connectivity index (χ2v) is 8.13. The van der Waals surface area contributed by atoms with Gasteiger partial charge in [-0.2, -0.15) is 5.10 Å². The van der Waals surface area contributed by atoms with Crippen molar-refractivity contribution in [3.8, 4) is 5.75 Å². The molecule has 2 aromatic heterocycles. The van der Waals surface area contributed by atoms with E-state index in [1.807, 2.05) is 19.1 Å². The maximum absolute atomic E-state index is 13.0. The predicted molar refractivity (Wildman–Crippen MR) is 109 cm³/mol. The molecule has 0 atom stereocenters. The van der Waals surface area contributed by atoms with Crippen LogP contribution in [0.2, 0.25) is 0 Å². The van der Waals surface area contributed by atoms with Gasteiger partial charge in [-0.3, -0.25) is 9.71 Å². The Morgan fingerprint density at radius 3 is 2.83 bits per heavy atom. The zero-order valence-electron chi connectivity index (χ0n) is 15.7. The van der Waals surface area contributed by atoms with Gasteiger partial charge in [0.15, 0.2) is 0 Å². The van der Waals surface area contributed by atoms with Crippen LogP contribution in [-0.2, 0) is 16.6 Å². The van der Waals surface area contributed by atoms with Crippen LogP contribution in [0.4, 0.5) is 5.69 Å². The lowest BCUT2D eigenvalue weighted by Crippen LogP contribution is -2.14. The standard InChI is InChI=1S/C20H19N5O3S/c1-15-10-16-4-2-7-19(20(16)22-12-15)29(26,27)24-17-5-3-6-18(11-17)28-9-8-25-14-21-13-23-25/h2-7,10-14,24H,8-9H2,1H3. The molecule has 0 aliphatic heterocycles. The third-order valence-corrected chi connectivity index (χ3v) is 5.66. The van der Waals surface area contributed by atoms with Gasteiger partial charge in [0.05, 0.1) is 17.7 Å². The number of fused-ring (bicyclic) bond motifs is 1. The number of hydrogen-bond donors (Lipinski definition) is 1. The lowest BCUT2D eigenvalue weighted by Gasteiger charge is -2.12. The van der Waals surface area contributed by atoms with Crippen LogP contribution in [0.3, 0.4) is 0 Å². The van der Waals surface area contributed by atoms with Gasteiger partial charge in [0.2, 0.25) is 0 Å². The van der Waals surface area contributed by atoms with Crippen molar-refractivity contribution >= 4 is 26.6 Å². The fraction of sp³-hybridized carbons (Fsp3) is 0.150. The molecule has 4 rings (SSSR count). The first kappa shape index (κ1) is 18.9.